The Morgan fingerprint density at radius 2 is 2.25 bits per heavy atom. The molecule has 2 aromatic heterocycles. The van der Waals surface area contributed by atoms with Gasteiger partial charge in [-0.1, -0.05) is 4.68 Å². The van der Waals surface area contributed by atoms with Crippen LogP contribution in [0.15, 0.2) is 24.5 Å². The molecular formula is C13H14N4O3. The third-order valence-corrected chi connectivity index (χ3v) is 2.61. The predicted octanol–water partition coefficient (Wildman–Crippen LogP) is -0.717. The van der Waals surface area contributed by atoms with Crippen molar-refractivity contribution in [1.29, 1.82) is 0 Å². The van der Waals surface area contributed by atoms with Crippen LogP contribution in [0.4, 0.5) is 0 Å². The van der Waals surface area contributed by atoms with Crippen LogP contribution in [0.1, 0.15) is 12.1 Å². The van der Waals surface area contributed by atoms with Crippen molar-refractivity contribution in [2.24, 2.45) is 0 Å². The maximum Gasteiger partial charge on any atom is 0.216 e. The Kier molecular flexibility index (Phi) is 4.19. The highest BCUT2D eigenvalue weighted by Gasteiger charge is 2.09. The molecule has 0 aliphatic rings. The summed E-state index contributed by atoms with van der Waals surface area (Å²) in [4.78, 5) is 18.9. The highest BCUT2D eigenvalue weighted by Crippen LogP contribution is 2.16. The minimum absolute atomic E-state index is 0.0776. The topological polar surface area (TPSA) is 91.9 Å². The first-order chi connectivity index (χ1) is 9.58. The van der Waals surface area contributed by atoms with E-state index < -0.39 is 5.97 Å². The van der Waals surface area contributed by atoms with Crippen molar-refractivity contribution in [2.75, 3.05) is 7.11 Å². The van der Waals surface area contributed by atoms with Gasteiger partial charge < -0.3 is 14.6 Å². The molecular weight excluding hydrogens is 260 g/mol. The molecule has 0 saturated carbocycles. The normalized spacial score (nSPS) is 10.3. The fraction of sp³-hybridized carbons (Fsp3) is 0.308. The molecule has 0 aliphatic heterocycles. The van der Waals surface area contributed by atoms with E-state index in [4.69, 9.17) is 4.74 Å². The lowest BCUT2D eigenvalue weighted by molar-refractivity contribution is -0.753. The van der Waals surface area contributed by atoms with Gasteiger partial charge in [0.05, 0.1) is 7.11 Å². The summed E-state index contributed by atoms with van der Waals surface area (Å²) in [5.74, 6) is -0.0993. The third kappa shape index (κ3) is 3.47. The number of carboxylic acids is 1. The van der Waals surface area contributed by atoms with Crippen LogP contribution >= 0.6 is 0 Å². The number of carbonyl (C=O) groups is 1. The molecule has 0 amide bonds. The number of carbonyl (C=O) groups excluding carboxylic acids is 1. The largest absolute Gasteiger partial charge is 0.550 e. The van der Waals surface area contributed by atoms with Gasteiger partial charge in [-0.25, -0.2) is 4.98 Å². The average Bonchev–Trinajstić information content (AvgIpc) is 2.45. The molecule has 0 saturated heterocycles. The quantitative estimate of drug-likeness (QED) is 0.668. The Bertz CT molecular complexity index is 614. The molecule has 7 nitrogen and oxygen atoms in total. The van der Waals surface area contributed by atoms with Crippen LogP contribution in [0, 0.1) is 6.92 Å². The number of hydrogen-bond donors (Lipinski definition) is 0. The number of carboxylic acid groups (broad SMARTS) is 1. The fourth-order valence-corrected chi connectivity index (χ4v) is 1.63. The lowest BCUT2D eigenvalue weighted by Crippen LogP contribution is -2.40. The average molecular weight is 274 g/mol. The molecule has 0 radical (unpaired) electrons. The van der Waals surface area contributed by atoms with Crippen LogP contribution in [-0.2, 0) is 11.3 Å². The molecule has 0 atom stereocenters. The first-order valence-electron chi connectivity index (χ1n) is 6.04. The summed E-state index contributed by atoms with van der Waals surface area (Å²) in [6, 6.07) is 3.51. The summed E-state index contributed by atoms with van der Waals surface area (Å²) >= 11 is 0. The van der Waals surface area contributed by atoms with E-state index in [0.29, 0.717) is 11.7 Å². The first kappa shape index (κ1) is 13.9. The monoisotopic (exact) mass is 274 g/mol. The lowest BCUT2D eigenvalue weighted by Gasteiger charge is -2.04. The molecule has 0 unspecified atom stereocenters. The van der Waals surface area contributed by atoms with Crippen molar-refractivity contribution in [1.82, 2.24) is 15.1 Å². The van der Waals surface area contributed by atoms with Crippen molar-refractivity contribution in [3.8, 4) is 17.3 Å². The zero-order valence-electron chi connectivity index (χ0n) is 11.2. The highest BCUT2D eigenvalue weighted by atomic mass is 16.5. The van der Waals surface area contributed by atoms with Gasteiger partial charge in [0, 0.05) is 35.8 Å². The minimum atomic E-state index is -1.10. The van der Waals surface area contributed by atoms with Crippen LogP contribution in [-0.4, -0.2) is 28.1 Å². The summed E-state index contributed by atoms with van der Waals surface area (Å²) < 4.78 is 6.62. The summed E-state index contributed by atoms with van der Waals surface area (Å²) in [6.07, 6.45) is 3.19. The third-order valence-electron chi connectivity index (χ3n) is 2.61. The van der Waals surface area contributed by atoms with E-state index in [-0.39, 0.29) is 13.0 Å². The number of aryl methyl sites for hydroxylation is 2. The maximum atomic E-state index is 10.4. The molecule has 20 heavy (non-hydrogen) atoms. The summed E-state index contributed by atoms with van der Waals surface area (Å²) in [5, 5.41) is 14.5. The summed E-state index contributed by atoms with van der Waals surface area (Å²) in [5.41, 5.74) is 1.53. The number of ether oxygens (including phenoxy) is 1. The molecule has 0 aliphatic carbocycles. The van der Waals surface area contributed by atoms with E-state index in [1.807, 2.05) is 6.92 Å². The van der Waals surface area contributed by atoms with Gasteiger partial charge >= 0.3 is 0 Å². The predicted molar refractivity (Wildman–Crippen MR) is 66.4 cm³/mol. The van der Waals surface area contributed by atoms with Gasteiger partial charge in [-0.2, -0.15) is 4.98 Å². The second-order valence-electron chi connectivity index (χ2n) is 4.18. The fourth-order valence-electron chi connectivity index (χ4n) is 1.63. The molecule has 2 heterocycles. The van der Waals surface area contributed by atoms with Gasteiger partial charge in [0.1, 0.15) is 6.20 Å². The zero-order chi connectivity index (χ0) is 14.5. The van der Waals surface area contributed by atoms with Gasteiger partial charge in [-0.15, -0.1) is 0 Å². The number of nitrogens with zero attached hydrogens (tertiary/aromatic N) is 4. The number of aliphatic carboxylic acids is 1. The van der Waals surface area contributed by atoms with Crippen molar-refractivity contribution < 1.29 is 19.3 Å². The zero-order valence-corrected chi connectivity index (χ0v) is 11.2. The second-order valence-corrected chi connectivity index (χ2v) is 4.18. The molecule has 0 spiro atoms. The van der Waals surface area contributed by atoms with Crippen LogP contribution in [0.2, 0.25) is 0 Å². The van der Waals surface area contributed by atoms with E-state index in [2.05, 4.69) is 15.1 Å². The van der Waals surface area contributed by atoms with Crippen LogP contribution in [0.3, 0.4) is 0 Å². The van der Waals surface area contributed by atoms with Crippen molar-refractivity contribution in [3.05, 3.63) is 30.2 Å². The summed E-state index contributed by atoms with van der Waals surface area (Å²) in [6.45, 7) is 2.12. The van der Waals surface area contributed by atoms with Gasteiger partial charge in [-0.05, 0) is 12.0 Å². The summed E-state index contributed by atoms with van der Waals surface area (Å²) in [7, 11) is 1.54. The SMILES string of the molecule is COc1cc(C)nc(-c2cc[n+](CCC(=O)[O-])nc2)n1. The van der Waals surface area contributed by atoms with E-state index in [0.717, 1.165) is 11.3 Å². The molecule has 2 aromatic rings. The Labute approximate surface area is 115 Å². The van der Waals surface area contributed by atoms with Crippen LogP contribution < -0.4 is 14.5 Å². The lowest BCUT2D eigenvalue weighted by atomic mass is 10.3. The van der Waals surface area contributed by atoms with Gasteiger partial charge in [-0.3, -0.25) is 0 Å². The van der Waals surface area contributed by atoms with E-state index in [1.165, 1.54) is 4.68 Å². The molecule has 0 fully saturated rings. The molecule has 104 valence electrons. The number of rotatable bonds is 5. The maximum absolute atomic E-state index is 10.4. The Morgan fingerprint density at radius 3 is 2.85 bits per heavy atom. The van der Waals surface area contributed by atoms with Crippen molar-refractivity contribution in [3.63, 3.8) is 0 Å². The molecule has 7 heteroatoms. The van der Waals surface area contributed by atoms with Crippen molar-refractivity contribution >= 4 is 5.97 Å². The standard InChI is InChI=1S/C13H14N4O3/c1-9-7-11(20-2)16-13(15-9)10-3-5-17(14-8-10)6-4-12(18)19/h3,5,7-8H,4,6H2,1-2H3. The van der Waals surface area contributed by atoms with Gasteiger partial charge in [0.25, 0.3) is 0 Å². The van der Waals surface area contributed by atoms with E-state index in [1.54, 1.807) is 31.6 Å². The smallest absolute Gasteiger partial charge is 0.216 e. The van der Waals surface area contributed by atoms with Gasteiger partial charge in [0.2, 0.25) is 5.88 Å². The molecule has 0 aromatic carbocycles. The van der Waals surface area contributed by atoms with Crippen LogP contribution in [0.5, 0.6) is 5.88 Å². The van der Waals surface area contributed by atoms with Gasteiger partial charge in [0.15, 0.2) is 18.6 Å². The molecule has 2 rings (SSSR count). The Balaban J connectivity index is 2.21. The first-order valence-corrected chi connectivity index (χ1v) is 6.04. The van der Waals surface area contributed by atoms with E-state index in [9.17, 15) is 9.90 Å². The highest BCUT2D eigenvalue weighted by molar-refractivity contribution is 5.63. The molecule has 0 bridgehead atoms. The molecule has 0 N–H and O–H groups in total. The number of aromatic nitrogens is 4. The van der Waals surface area contributed by atoms with E-state index >= 15 is 0 Å². The minimum Gasteiger partial charge on any atom is -0.550 e. The number of hydrogen-bond acceptors (Lipinski definition) is 6. The Morgan fingerprint density at radius 1 is 1.45 bits per heavy atom. The van der Waals surface area contributed by atoms with Crippen molar-refractivity contribution in [2.45, 2.75) is 19.9 Å². The van der Waals surface area contributed by atoms with Crippen LogP contribution in [0.25, 0.3) is 11.4 Å². The second kappa shape index (κ2) is 6.05. The Hall–Kier alpha value is -2.57. The number of methoxy groups -OCH3 is 1.